The molecule has 4 atom stereocenters. The van der Waals surface area contributed by atoms with Gasteiger partial charge in [0, 0.05) is 28.5 Å². The number of carbonyl (C=O) groups excluding carboxylic acids is 4. The number of rotatable bonds is 4. The molecule has 33 heavy (non-hydrogen) atoms. The van der Waals surface area contributed by atoms with Crippen molar-refractivity contribution in [2.45, 2.75) is 31.3 Å². The fraction of sp³-hybridized carbons (Fsp3) is 0.304. The molecular formula is C23H21Cl2N4O4+. The number of fused-ring (bicyclic) bond motifs is 4. The summed E-state index contributed by atoms with van der Waals surface area (Å²) >= 11 is 12.3. The molecule has 0 aliphatic carbocycles. The van der Waals surface area contributed by atoms with E-state index in [1.807, 2.05) is 0 Å². The highest BCUT2D eigenvalue weighted by atomic mass is 35.5. The van der Waals surface area contributed by atoms with Crippen LogP contribution in [0.4, 0.5) is 11.4 Å². The number of hydrogen-bond donors (Lipinski definition) is 3. The van der Waals surface area contributed by atoms with E-state index in [2.05, 4.69) is 5.32 Å². The molecule has 0 unspecified atom stereocenters. The van der Waals surface area contributed by atoms with Crippen LogP contribution in [0.2, 0.25) is 10.0 Å². The molecule has 3 aliphatic rings. The van der Waals surface area contributed by atoms with Crippen molar-refractivity contribution in [2.75, 3.05) is 10.2 Å². The van der Waals surface area contributed by atoms with E-state index < -0.39 is 41.1 Å². The third-order valence-electron chi connectivity index (χ3n) is 7.05. The van der Waals surface area contributed by atoms with Gasteiger partial charge >= 0.3 is 0 Å². The van der Waals surface area contributed by atoms with Gasteiger partial charge in [-0.1, -0.05) is 23.2 Å². The first-order valence-corrected chi connectivity index (χ1v) is 11.3. The Morgan fingerprint density at radius 3 is 2.48 bits per heavy atom. The summed E-state index contributed by atoms with van der Waals surface area (Å²) in [4.78, 5) is 53.5. The van der Waals surface area contributed by atoms with E-state index in [0.717, 1.165) is 4.90 Å². The summed E-state index contributed by atoms with van der Waals surface area (Å²) in [5, 5.41) is 5.62. The van der Waals surface area contributed by atoms with Crippen LogP contribution < -0.4 is 21.3 Å². The first-order chi connectivity index (χ1) is 15.7. The predicted octanol–water partition coefficient (Wildman–Crippen LogP) is 1.47. The normalized spacial score (nSPS) is 27.8. The summed E-state index contributed by atoms with van der Waals surface area (Å²) in [6, 6.07) is 9.33. The maximum absolute atomic E-state index is 13.8. The average Bonchev–Trinajstić information content (AvgIpc) is 3.35. The number of nitrogens with zero attached hydrogens (tertiary/aromatic N) is 1. The van der Waals surface area contributed by atoms with Gasteiger partial charge in [-0.2, -0.15) is 0 Å². The summed E-state index contributed by atoms with van der Waals surface area (Å²) < 4.78 is 0. The third kappa shape index (κ3) is 3.01. The van der Waals surface area contributed by atoms with Gasteiger partial charge in [-0.15, -0.1) is 0 Å². The van der Waals surface area contributed by atoms with E-state index in [-0.39, 0.29) is 18.7 Å². The minimum absolute atomic E-state index is 0.0387. The molecule has 5 N–H and O–H groups in total. The number of imide groups is 1. The second kappa shape index (κ2) is 7.55. The Morgan fingerprint density at radius 1 is 1.12 bits per heavy atom. The van der Waals surface area contributed by atoms with Crippen LogP contribution in [0.5, 0.6) is 0 Å². The Labute approximate surface area is 199 Å². The van der Waals surface area contributed by atoms with E-state index >= 15 is 0 Å². The van der Waals surface area contributed by atoms with Crippen LogP contribution in [0.1, 0.15) is 24.0 Å². The van der Waals surface area contributed by atoms with Crippen LogP contribution in [-0.4, -0.2) is 29.7 Å². The molecule has 8 nitrogen and oxygen atoms in total. The number of primary amides is 1. The quantitative estimate of drug-likeness (QED) is 0.564. The van der Waals surface area contributed by atoms with Gasteiger partial charge in [-0.05, 0) is 48.9 Å². The second-order valence-electron chi connectivity index (χ2n) is 8.75. The predicted molar refractivity (Wildman–Crippen MR) is 122 cm³/mol. The topological polar surface area (TPSA) is 126 Å². The van der Waals surface area contributed by atoms with E-state index in [0.29, 0.717) is 32.5 Å². The number of carbonyl (C=O) groups is 4. The summed E-state index contributed by atoms with van der Waals surface area (Å²) in [6.07, 6.45) is 0.303. The van der Waals surface area contributed by atoms with Crippen LogP contribution in [0.25, 0.3) is 0 Å². The fourth-order valence-electron chi connectivity index (χ4n) is 5.57. The highest BCUT2D eigenvalue weighted by Gasteiger charge is 2.74. The first-order valence-electron chi connectivity index (χ1n) is 10.6. The number of hydrogen-bond acceptors (Lipinski definition) is 4. The third-order valence-corrected chi connectivity index (χ3v) is 7.71. The molecule has 2 aromatic rings. The largest absolute Gasteiger partial charge is 0.370 e. The lowest BCUT2D eigenvalue weighted by atomic mass is 9.76. The second-order valence-corrected chi connectivity index (χ2v) is 9.59. The minimum Gasteiger partial charge on any atom is -0.370 e. The Bertz CT molecular complexity index is 1230. The molecule has 2 aromatic carbocycles. The SMILES string of the molecule is Cc1c(Cl)ccc2c1NC(=O)[C@]21[NH2+][C@@H](CCC(N)=O)[C@H]2C(=O)N(c3ccc(Cl)cc3)C(=O)[C@H]21. The zero-order valence-corrected chi connectivity index (χ0v) is 19.1. The van der Waals surface area contributed by atoms with Gasteiger partial charge < -0.3 is 16.4 Å². The Hall–Kier alpha value is -2.94. The number of quaternary nitrogens is 1. The van der Waals surface area contributed by atoms with E-state index in [1.165, 1.54) is 0 Å². The van der Waals surface area contributed by atoms with Crippen LogP contribution in [-0.2, 0) is 24.7 Å². The summed E-state index contributed by atoms with van der Waals surface area (Å²) in [5.41, 5.74) is 6.28. The van der Waals surface area contributed by atoms with Gasteiger partial charge in [-0.3, -0.25) is 19.2 Å². The number of halogens is 2. The molecule has 0 radical (unpaired) electrons. The van der Waals surface area contributed by atoms with Crippen LogP contribution in [0.15, 0.2) is 36.4 Å². The monoisotopic (exact) mass is 487 g/mol. The lowest BCUT2D eigenvalue weighted by Gasteiger charge is -2.26. The van der Waals surface area contributed by atoms with Crippen molar-refractivity contribution in [3.63, 3.8) is 0 Å². The van der Waals surface area contributed by atoms with E-state index in [9.17, 15) is 19.2 Å². The number of benzene rings is 2. The Kier molecular flexibility index (Phi) is 5.00. The van der Waals surface area contributed by atoms with Crippen molar-refractivity contribution in [2.24, 2.45) is 17.6 Å². The lowest BCUT2D eigenvalue weighted by Crippen LogP contribution is -2.99. The van der Waals surface area contributed by atoms with Gasteiger partial charge in [0.05, 0.1) is 11.4 Å². The number of nitrogens with one attached hydrogen (secondary N) is 1. The van der Waals surface area contributed by atoms with Crippen LogP contribution in [0.3, 0.4) is 0 Å². The number of amides is 4. The van der Waals surface area contributed by atoms with Crippen LogP contribution in [0, 0.1) is 18.8 Å². The molecule has 3 aliphatic heterocycles. The molecule has 0 bridgehead atoms. The zero-order valence-electron chi connectivity index (χ0n) is 17.6. The molecule has 5 rings (SSSR count). The molecule has 3 heterocycles. The van der Waals surface area contributed by atoms with Crippen molar-refractivity contribution in [3.05, 3.63) is 57.6 Å². The van der Waals surface area contributed by atoms with E-state index in [1.54, 1.807) is 48.6 Å². The summed E-state index contributed by atoms with van der Waals surface area (Å²) in [5.74, 6) is -3.48. The van der Waals surface area contributed by atoms with Crippen molar-refractivity contribution in [3.8, 4) is 0 Å². The molecule has 10 heteroatoms. The van der Waals surface area contributed by atoms with Crippen molar-refractivity contribution in [1.29, 1.82) is 0 Å². The van der Waals surface area contributed by atoms with Crippen molar-refractivity contribution in [1.82, 2.24) is 0 Å². The number of anilines is 2. The van der Waals surface area contributed by atoms with Crippen molar-refractivity contribution >= 4 is 58.2 Å². The zero-order chi connectivity index (χ0) is 23.7. The lowest BCUT2D eigenvalue weighted by molar-refractivity contribution is -0.733. The molecule has 2 fully saturated rings. The van der Waals surface area contributed by atoms with Gasteiger partial charge in [0.15, 0.2) is 0 Å². The smallest absolute Gasteiger partial charge is 0.291 e. The van der Waals surface area contributed by atoms with Gasteiger partial charge in [0.2, 0.25) is 23.3 Å². The van der Waals surface area contributed by atoms with Gasteiger partial charge in [0.1, 0.15) is 17.9 Å². The van der Waals surface area contributed by atoms with Gasteiger partial charge in [-0.25, -0.2) is 4.90 Å². The molecule has 0 aromatic heterocycles. The highest BCUT2D eigenvalue weighted by Crippen LogP contribution is 2.51. The number of nitrogens with two attached hydrogens (primary N) is 2. The molecule has 170 valence electrons. The Balaban J connectivity index is 1.66. The maximum Gasteiger partial charge on any atom is 0.291 e. The maximum atomic E-state index is 13.8. The summed E-state index contributed by atoms with van der Waals surface area (Å²) in [7, 11) is 0. The van der Waals surface area contributed by atoms with Crippen LogP contribution >= 0.6 is 23.2 Å². The molecule has 2 saturated heterocycles. The van der Waals surface area contributed by atoms with Crippen molar-refractivity contribution < 1.29 is 24.5 Å². The fourth-order valence-corrected chi connectivity index (χ4v) is 5.85. The molecular weight excluding hydrogens is 467 g/mol. The molecule has 4 amide bonds. The first kappa shape index (κ1) is 21.9. The molecule has 1 spiro atoms. The highest BCUT2D eigenvalue weighted by molar-refractivity contribution is 6.32. The van der Waals surface area contributed by atoms with E-state index in [4.69, 9.17) is 28.9 Å². The minimum atomic E-state index is -1.34. The standard InChI is InChI=1S/C23H20Cl2N4O4/c1-10-14(25)7-6-13-19(10)27-22(33)23(13)18-17(15(28-23)8-9-16(26)30)20(31)29(21(18)32)12-4-2-11(24)3-5-12/h2-7,15,17-18,28H,8-9H2,1H3,(H2,26,30)(H,27,33)/p+1/t15-,17+,18-,23-/m0/s1. The van der Waals surface area contributed by atoms with Gasteiger partial charge in [0.25, 0.3) is 5.91 Å². The summed E-state index contributed by atoms with van der Waals surface area (Å²) in [6.45, 7) is 1.79. The Morgan fingerprint density at radius 2 is 1.82 bits per heavy atom. The average molecular weight is 488 g/mol. The molecule has 0 saturated carbocycles.